The number of aromatic nitrogens is 1. The van der Waals surface area contributed by atoms with Gasteiger partial charge in [-0.25, -0.2) is 4.39 Å². The first kappa shape index (κ1) is 15.3. The molecule has 2 aromatic rings. The maximum Gasteiger partial charge on any atom is 0.253 e. The van der Waals surface area contributed by atoms with Crippen molar-refractivity contribution in [1.29, 1.82) is 0 Å². The third-order valence-electron chi connectivity index (χ3n) is 3.16. The van der Waals surface area contributed by atoms with Crippen molar-refractivity contribution in [2.24, 2.45) is 0 Å². The van der Waals surface area contributed by atoms with Gasteiger partial charge < -0.3 is 15.6 Å². The smallest absolute Gasteiger partial charge is 0.253 e. The standard InChI is InChI=1S/C16H20FN3O/c1-2-7-18-8-9-20-16(21)15-11-19-10-14(15)12-3-5-13(17)6-4-12/h3-6,10-11,18-19H,2,7-9H2,1H3,(H,20,21). The van der Waals surface area contributed by atoms with E-state index in [-0.39, 0.29) is 11.7 Å². The number of hydrogen-bond donors (Lipinski definition) is 3. The van der Waals surface area contributed by atoms with Crippen LogP contribution in [-0.4, -0.2) is 30.5 Å². The number of benzene rings is 1. The van der Waals surface area contributed by atoms with E-state index in [9.17, 15) is 9.18 Å². The van der Waals surface area contributed by atoms with Crippen LogP contribution in [0.5, 0.6) is 0 Å². The molecule has 1 amide bonds. The van der Waals surface area contributed by atoms with Gasteiger partial charge in [-0.1, -0.05) is 19.1 Å². The summed E-state index contributed by atoms with van der Waals surface area (Å²) in [7, 11) is 0. The van der Waals surface area contributed by atoms with E-state index in [1.807, 2.05) is 0 Å². The van der Waals surface area contributed by atoms with Crippen LogP contribution in [0.1, 0.15) is 23.7 Å². The summed E-state index contributed by atoms with van der Waals surface area (Å²) in [5, 5.41) is 6.09. The van der Waals surface area contributed by atoms with Crippen molar-refractivity contribution in [2.75, 3.05) is 19.6 Å². The molecule has 0 fully saturated rings. The molecule has 3 N–H and O–H groups in total. The zero-order chi connectivity index (χ0) is 15.1. The van der Waals surface area contributed by atoms with Gasteiger partial charge in [-0.05, 0) is 30.7 Å². The predicted octanol–water partition coefficient (Wildman–Crippen LogP) is 2.55. The molecule has 0 saturated carbocycles. The molecule has 21 heavy (non-hydrogen) atoms. The van der Waals surface area contributed by atoms with Gasteiger partial charge in [0.2, 0.25) is 0 Å². The van der Waals surface area contributed by atoms with E-state index in [0.29, 0.717) is 12.1 Å². The fourth-order valence-electron chi connectivity index (χ4n) is 2.08. The average molecular weight is 289 g/mol. The number of carbonyl (C=O) groups is 1. The van der Waals surface area contributed by atoms with Crippen molar-refractivity contribution in [3.8, 4) is 11.1 Å². The van der Waals surface area contributed by atoms with Crippen LogP contribution in [0.15, 0.2) is 36.7 Å². The average Bonchev–Trinajstić information content (AvgIpc) is 2.97. The summed E-state index contributed by atoms with van der Waals surface area (Å²) >= 11 is 0. The van der Waals surface area contributed by atoms with Gasteiger partial charge in [-0.15, -0.1) is 0 Å². The Labute approximate surface area is 123 Å². The van der Waals surface area contributed by atoms with E-state index in [2.05, 4.69) is 22.5 Å². The van der Waals surface area contributed by atoms with Gasteiger partial charge in [-0.2, -0.15) is 0 Å². The molecule has 0 aliphatic heterocycles. The van der Waals surface area contributed by atoms with E-state index >= 15 is 0 Å². The first-order valence-corrected chi connectivity index (χ1v) is 7.14. The van der Waals surface area contributed by atoms with Gasteiger partial charge in [0, 0.05) is 31.0 Å². The van der Waals surface area contributed by atoms with Crippen LogP contribution in [0.4, 0.5) is 4.39 Å². The van der Waals surface area contributed by atoms with Crippen LogP contribution in [0.3, 0.4) is 0 Å². The topological polar surface area (TPSA) is 56.9 Å². The monoisotopic (exact) mass is 289 g/mol. The number of hydrogen-bond acceptors (Lipinski definition) is 2. The second kappa shape index (κ2) is 7.59. The number of H-pyrrole nitrogens is 1. The maximum absolute atomic E-state index is 13.0. The molecule has 0 unspecified atom stereocenters. The molecule has 0 radical (unpaired) electrons. The third kappa shape index (κ3) is 4.16. The molecule has 112 valence electrons. The van der Waals surface area contributed by atoms with Crippen LogP contribution in [0.25, 0.3) is 11.1 Å². The fraction of sp³-hybridized carbons (Fsp3) is 0.312. The van der Waals surface area contributed by atoms with Gasteiger partial charge in [0.1, 0.15) is 5.82 Å². The highest BCUT2D eigenvalue weighted by Gasteiger charge is 2.13. The van der Waals surface area contributed by atoms with Crippen molar-refractivity contribution in [1.82, 2.24) is 15.6 Å². The van der Waals surface area contributed by atoms with E-state index in [1.165, 1.54) is 12.1 Å². The van der Waals surface area contributed by atoms with Crippen molar-refractivity contribution < 1.29 is 9.18 Å². The van der Waals surface area contributed by atoms with Gasteiger partial charge in [0.25, 0.3) is 5.91 Å². The molecule has 0 atom stereocenters. The van der Waals surface area contributed by atoms with E-state index in [0.717, 1.165) is 30.6 Å². The first-order valence-electron chi connectivity index (χ1n) is 7.14. The van der Waals surface area contributed by atoms with Gasteiger partial charge in [0.15, 0.2) is 0 Å². The Morgan fingerprint density at radius 3 is 2.62 bits per heavy atom. The highest BCUT2D eigenvalue weighted by atomic mass is 19.1. The lowest BCUT2D eigenvalue weighted by Crippen LogP contribution is -2.32. The summed E-state index contributed by atoms with van der Waals surface area (Å²) in [6.07, 6.45) is 4.48. The first-order chi connectivity index (χ1) is 10.2. The zero-order valence-electron chi connectivity index (χ0n) is 12.1. The Bertz CT molecular complexity index is 577. The number of amides is 1. The second-order valence-electron chi connectivity index (χ2n) is 4.80. The summed E-state index contributed by atoms with van der Waals surface area (Å²) in [4.78, 5) is 15.1. The van der Waals surface area contributed by atoms with Crippen molar-refractivity contribution >= 4 is 5.91 Å². The van der Waals surface area contributed by atoms with Crippen LogP contribution in [0.2, 0.25) is 0 Å². The quantitative estimate of drug-likeness (QED) is 0.686. The normalized spacial score (nSPS) is 10.6. The number of halogens is 1. The van der Waals surface area contributed by atoms with Crippen LogP contribution in [-0.2, 0) is 0 Å². The van der Waals surface area contributed by atoms with Gasteiger partial charge in [-0.3, -0.25) is 4.79 Å². The molecule has 4 nitrogen and oxygen atoms in total. The molecule has 1 heterocycles. The SMILES string of the molecule is CCCNCCNC(=O)c1c[nH]cc1-c1ccc(F)cc1. The highest BCUT2D eigenvalue weighted by Crippen LogP contribution is 2.23. The Balaban J connectivity index is 1.99. The number of rotatable bonds is 7. The summed E-state index contributed by atoms with van der Waals surface area (Å²) < 4.78 is 13.0. The molecule has 1 aromatic carbocycles. The lowest BCUT2D eigenvalue weighted by molar-refractivity contribution is 0.0954. The number of carbonyl (C=O) groups excluding carboxylic acids is 1. The minimum Gasteiger partial charge on any atom is -0.366 e. The molecular weight excluding hydrogens is 269 g/mol. The number of aromatic amines is 1. The Kier molecular flexibility index (Phi) is 5.51. The molecule has 5 heteroatoms. The molecule has 0 bridgehead atoms. The Morgan fingerprint density at radius 1 is 1.14 bits per heavy atom. The van der Waals surface area contributed by atoms with Crippen molar-refractivity contribution in [2.45, 2.75) is 13.3 Å². The third-order valence-corrected chi connectivity index (χ3v) is 3.16. The van der Waals surface area contributed by atoms with E-state index in [4.69, 9.17) is 0 Å². The van der Waals surface area contributed by atoms with Crippen molar-refractivity contribution in [3.05, 3.63) is 48.0 Å². The molecule has 0 spiro atoms. The summed E-state index contributed by atoms with van der Waals surface area (Å²) in [5.74, 6) is -0.420. The minimum absolute atomic E-state index is 0.131. The summed E-state index contributed by atoms with van der Waals surface area (Å²) in [6, 6.07) is 6.10. The van der Waals surface area contributed by atoms with E-state index < -0.39 is 0 Å². The molecule has 0 saturated heterocycles. The Hall–Kier alpha value is -2.14. The lowest BCUT2D eigenvalue weighted by atomic mass is 10.0. The maximum atomic E-state index is 13.0. The minimum atomic E-state index is -0.290. The fourth-order valence-corrected chi connectivity index (χ4v) is 2.08. The Morgan fingerprint density at radius 2 is 1.90 bits per heavy atom. The number of nitrogens with one attached hydrogen (secondary N) is 3. The molecular formula is C16H20FN3O. The molecule has 0 aliphatic carbocycles. The van der Waals surface area contributed by atoms with Crippen LogP contribution in [0, 0.1) is 5.82 Å². The van der Waals surface area contributed by atoms with Crippen LogP contribution < -0.4 is 10.6 Å². The molecule has 1 aromatic heterocycles. The van der Waals surface area contributed by atoms with Crippen molar-refractivity contribution in [3.63, 3.8) is 0 Å². The van der Waals surface area contributed by atoms with Crippen LogP contribution >= 0.6 is 0 Å². The molecule has 0 aliphatic rings. The predicted molar refractivity (Wildman–Crippen MR) is 81.7 cm³/mol. The van der Waals surface area contributed by atoms with E-state index in [1.54, 1.807) is 24.5 Å². The van der Waals surface area contributed by atoms with Gasteiger partial charge in [0.05, 0.1) is 5.56 Å². The van der Waals surface area contributed by atoms with Gasteiger partial charge >= 0.3 is 0 Å². The summed E-state index contributed by atoms with van der Waals surface area (Å²) in [6.45, 7) is 4.37. The second-order valence-corrected chi connectivity index (χ2v) is 4.80. The zero-order valence-corrected chi connectivity index (χ0v) is 12.1. The lowest BCUT2D eigenvalue weighted by Gasteiger charge is -2.07. The largest absolute Gasteiger partial charge is 0.366 e. The molecule has 2 rings (SSSR count). The highest BCUT2D eigenvalue weighted by molar-refractivity contribution is 6.00. The summed E-state index contributed by atoms with van der Waals surface area (Å²) in [5.41, 5.74) is 2.15.